The number of rotatable bonds is 2. The highest BCUT2D eigenvalue weighted by Crippen LogP contribution is 2.53. The second kappa shape index (κ2) is 3.20. The van der Waals surface area contributed by atoms with Crippen LogP contribution >= 0.6 is 0 Å². The lowest BCUT2D eigenvalue weighted by molar-refractivity contribution is -0.109. The van der Waals surface area contributed by atoms with Gasteiger partial charge in [0.05, 0.1) is 0 Å². The van der Waals surface area contributed by atoms with Crippen molar-refractivity contribution in [1.82, 2.24) is 0 Å². The van der Waals surface area contributed by atoms with Crippen molar-refractivity contribution in [1.29, 1.82) is 0 Å². The number of carbonyl (C=O) groups excluding carboxylic acids is 1. The summed E-state index contributed by atoms with van der Waals surface area (Å²) < 4.78 is 0. The average Bonchev–Trinajstić information content (AvgIpc) is 2.78. The van der Waals surface area contributed by atoms with Crippen molar-refractivity contribution in [2.75, 3.05) is 0 Å². The van der Waals surface area contributed by atoms with Crippen molar-refractivity contribution >= 4 is 6.29 Å². The number of hydrogen-bond donors (Lipinski definition) is 0. The summed E-state index contributed by atoms with van der Waals surface area (Å²) in [4.78, 5) is 10.6. The van der Waals surface area contributed by atoms with Crippen LogP contribution in [0.2, 0.25) is 0 Å². The Kier molecular flexibility index (Phi) is 2.20. The summed E-state index contributed by atoms with van der Waals surface area (Å²) in [5.41, 5.74) is 0. The Labute approximate surface area is 74.5 Å². The van der Waals surface area contributed by atoms with E-state index < -0.39 is 0 Å². The maximum atomic E-state index is 10.6. The number of hydrogen-bond acceptors (Lipinski definition) is 1. The van der Waals surface area contributed by atoms with E-state index in [9.17, 15) is 4.79 Å². The predicted octanol–water partition coefficient (Wildman–Crippen LogP) is 2.65. The molecule has 3 atom stereocenters. The van der Waals surface area contributed by atoms with Gasteiger partial charge in [-0.2, -0.15) is 0 Å². The zero-order valence-corrected chi connectivity index (χ0v) is 7.83. The Hall–Kier alpha value is -0.330. The first-order valence-electron chi connectivity index (χ1n) is 5.30. The minimum atomic E-state index is 0.424. The Morgan fingerprint density at radius 1 is 1.17 bits per heavy atom. The lowest BCUT2D eigenvalue weighted by Crippen LogP contribution is -2.10. The average molecular weight is 166 g/mol. The molecule has 1 heteroatoms. The summed E-state index contributed by atoms with van der Waals surface area (Å²) in [6.07, 6.45) is 8.19. The molecule has 0 saturated heterocycles. The fourth-order valence-corrected chi connectivity index (χ4v) is 3.00. The van der Waals surface area contributed by atoms with Crippen LogP contribution in [0.25, 0.3) is 0 Å². The molecule has 0 aromatic carbocycles. The first kappa shape index (κ1) is 8.28. The highest BCUT2D eigenvalue weighted by molar-refractivity contribution is 5.59. The zero-order valence-electron chi connectivity index (χ0n) is 7.83. The van der Waals surface area contributed by atoms with E-state index in [-0.39, 0.29) is 0 Å². The van der Waals surface area contributed by atoms with Crippen LogP contribution in [0.5, 0.6) is 0 Å². The van der Waals surface area contributed by atoms with Crippen LogP contribution in [0.15, 0.2) is 0 Å². The van der Waals surface area contributed by atoms with Crippen LogP contribution < -0.4 is 0 Å². The summed E-state index contributed by atoms with van der Waals surface area (Å²) >= 11 is 0. The highest BCUT2D eigenvalue weighted by Gasteiger charge is 2.50. The monoisotopic (exact) mass is 166 g/mol. The second-order valence-corrected chi connectivity index (χ2v) is 4.55. The first-order valence-corrected chi connectivity index (χ1v) is 5.30. The Bertz CT molecular complexity index is 170. The highest BCUT2D eigenvalue weighted by atomic mass is 16.1. The van der Waals surface area contributed by atoms with Gasteiger partial charge in [0.25, 0.3) is 0 Å². The van der Waals surface area contributed by atoms with E-state index in [1.807, 2.05) is 0 Å². The normalized spacial score (nSPS) is 42.6. The molecule has 2 saturated carbocycles. The molecule has 0 heterocycles. The van der Waals surface area contributed by atoms with Gasteiger partial charge >= 0.3 is 0 Å². The molecule has 2 fully saturated rings. The molecule has 0 bridgehead atoms. The Balaban J connectivity index is 1.88. The van der Waals surface area contributed by atoms with E-state index in [2.05, 4.69) is 6.92 Å². The standard InChI is InChI=1S/C11H18O/c1-8-10(7-12)11(8)9-5-3-2-4-6-9/h7-11H,2-6H2,1H3/t8-,10-,11-/m1/s1. The molecular formula is C11H18O. The molecule has 0 aliphatic heterocycles. The molecule has 0 amide bonds. The Morgan fingerprint density at radius 2 is 1.83 bits per heavy atom. The maximum Gasteiger partial charge on any atom is 0.123 e. The van der Waals surface area contributed by atoms with Gasteiger partial charge in [-0.15, -0.1) is 0 Å². The summed E-state index contributed by atoms with van der Waals surface area (Å²) in [6.45, 7) is 2.23. The van der Waals surface area contributed by atoms with Crippen molar-refractivity contribution in [2.24, 2.45) is 23.7 Å². The van der Waals surface area contributed by atoms with Crippen LogP contribution in [0.4, 0.5) is 0 Å². The molecular weight excluding hydrogens is 148 g/mol. The molecule has 12 heavy (non-hydrogen) atoms. The van der Waals surface area contributed by atoms with Crippen molar-refractivity contribution in [2.45, 2.75) is 39.0 Å². The number of carbonyl (C=O) groups is 1. The predicted molar refractivity (Wildman–Crippen MR) is 48.8 cm³/mol. The van der Waals surface area contributed by atoms with Crippen molar-refractivity contribution in [3.05, 3.63) is 0 Å². The maximum absolute atomic E-state index is 10.6. The summed E-state index contributed by atoms with van der Waals surface area (Å²) in [5.74, 6) is 2.78. The third kappa shape index (κ3) is 1.30. The van der Waals surface area contributed by atoms with Gasteiger partial charge in [0, 0.05) is 5.92 Å². The van der Waals surface area contributed by atoms with Crippen LogP contribution in [0.1, 0.15) is 39.0 Å². The summed E-state index contributed by atoms with van der Waals surface area (Å²) in [6, 6.07) is 0. The quantitative estimate of drug-likeness (QED) is 0.576. The van der Waals surface area contributed by atoms with E-state index in [0.29, 0.717) is 11.8 Å². The third-order valence-corrected chi connectivity index (χ3v) is 3.87. The fraction of sp³-hybridized carbons (Fsp3) is 0.909. The van der Waals surface area contributed by atoms with Gasteiger partial charge in [0.15, 0.2) is 0 Å². The van der Waals surface area contributed by atoms with Crippen LogP contribution in [-0.4, -0.2) is 6.29 Å². The SMILES string of the molecule is C[C@@H]1[C@@H](C=O)[C@H]1C1CCCCC1. The van der Waals surface area contributed by atoms with Crippen molar-refractivity contribution < 1.29 is 4.79 Å². The molecule has 1 nitrogen and oxygen atoms in total. The lowest BCUT2D eigenvalue weighted by atomic mass is 9.84. The molecule has 0 spiro atoms. The smallest absolute Gasteiger partial charge is 0.123 e. The van der Waals surface area contributed by atoms with E-state index in [1.165, 1.54) is 38.4 Å². The molecule has 0 N–H and O–H groups in total. The van der Waals surface area contributed by atoms with Crippen LogP contribution in [-0.2, 0) is 4.79 Å². The number of aldehydes is 1. The molecule has 0 aromatic rings. The van der Waals surface area contributed by atoms with Gasteiger partial charge in [-0.25, -0.2) is 0 Å². The lowest BCUT2D eigenvalue weighted by Gasteiger charge is -2.21. The van der Waals surface area contributed by atoms with E-state index in [4.69, 9.17) is 0 Å². The largest absolute Gasteiger partial charge is 0.303 e. The molecule has 0 radical (unpaired) electrons. The van der Waals surface area contributed by atoms with E-state index in [1.54, 1.807) is 0 Å². The van der Waals surface area contributed by atoms with E-state index in [0.717, 1.165) is 11.8 Å². The fourth-order valence-electron chi connectivity index (χ4n) is 3.00. The minimum Gasteiger partial charge on any atom is -0.303 e. The van der Waals surface area contributed by atoms with Gasteiger partial charge in [0.2, 0.25) is 0 Å². The summed E-state index contributed by atoms with van der Waals surface area (Å²) in [7, 11) is 0. The van der Waals surface area contributed by atoms with Crippen LogP contribution in [0, 0.1) is 23.7 Å². The molecule has 2 aliphatic rings. The van der Waals surface area contributed by atoms with Gasteiger partial charge in [-0.1, -0.05) is 39.0 Å². The first-order chi connectivity index (χ1) is 5.84. The summed E-state index contributed by atoms with van der Waals surface area (Å²) in [5, 5.41) is 0. The van der Waals surface area contributed by atoms with Crippen molar-refractivity contribution in [3.8, 4) is 0 Å². The van der Waals surface area contributed by atoms with Crippen molar-refractivity contribution in [3.63, 3.8) is 0 Å². The minimum absolute atomic E-state index is 0.424. The molecule has 0 aromatic heterocycles. The second-order valence-electron chi connectivity index (χ2n) is 4.55. The molecule has 2 aliphatic carbocycles. The van der Waals surface area contributed by atoms with Gasteiger partial charge < -0.3 is 4.79 Å². The zero-order chi connectivity index (χ0) is 8.55. The molecule has 0 unspecified atom stereocenters. The Morgan fingerprint density at radius 3 is 2.33 bits per heavy atom. The van der Waals surface area contributed by atoms with Gasteiger partial charge in [0.1, 0.15) is 6.29 Å². The third-order valence-electron chi connectivity index (χ3n) is 3.87. The molecule has 68 valence electrons. The molecule has 2 rings (SSSR count). The topological polar surface area (TPSA) is 17.1 Å². The van der Waals surface area contributed by atoms with Gasteiger partial charge in [-0.3, -0.25) is 0 Å². The van der Waals surface area contributed by atoms with E-state index >= 15 is 0 Å². The van der Waals surface area contributed by atoms with Crippen LogP contribution in [0.3, 0.4) is 0 Å². The van der Waals surface area contributed by atoms with Gasteiger partial charge in [-0.05, 0) is 17.8 Å².